The third-order valence-corrected chi connectivity index (χ3v) is 8.12. The lowest BCUT2D eigenvalue weighted by atomic mass is 10.0. The van der Waals surface area contributed by atoms with Gasteiger partial charge in [-0.25, -0.2) is 0 Å². The summed E-state index contributed by atoms with van der Waals surface area (Å²) in [5.74, 6) is -2.76. The second-order valence-corrected chi connectivity index (χ2v) is 11.2. The van der Waals surface area contributed by atoms with Gasteiger partial charge in [-0.1, -0.05) is 48.5 Å². The molecular weight excluding hydrogens is 558 g/mol. The quantitative estimate of drug-likeness (QED) is 0.287. The van der Waals surface area contributed by atoms with Crippen molar-refractivity contribution in [2.24, 2.45) is 0 Å². The molecule has 3 heterocycles. The van der Waals surface area contributed by atoms with E-state index in [9.17, 15) is 24.0 Å². The zero-order valence-electron chi connectivity index (χ0n) is 24.2. The van der Waals surface area contributed by atoms with Crippen molar-refractivity contribution in [1.29, 1.82) is 0 Å². The Kier molecular flexibility index (Phi) is 7.99. The summed E-state index contributed by atoms with van der Waals surface area (Å²) in [7, 11) is 2.08. The van der Waals surface area contributed by atoms with Gasteiger partial charge < -0.3 is 10.2 Å². The molecule has 0 saturated carbocycles. The number of aromatic nitrogens is 1. The first kappa shape index (κ1) is 28.9. The second-order valence-electron chi connectivity index (χ2n) is 11.2. The maximum Gasteiger partial charge on any atom is 0.262 e. The van der Waals surface area contributed by atoms with Crippen LogP contribution in [0, 0.1) is 0 Å². The van der Waals surface area contributed by atoms with Crippen LogP contribution in [-0.2, 0) is 29.1 Å². The minimum atomic E-state index is -1.05. The van der Waals surface area contributed by atoms with Crippen molar-refractivity contribution in [3.05, 3.63) is 113 Å². The molecule has 3 aromatic carbocycles. The Balaban J connectivity index is 1.02. The highest BCUT2D eigenvalue weighted by Crippen LogP contribution is 2.28. The number of hydrogen-bond donors (Lipinski definition) is 2. The molecule has 10 heteroatoms. The van der Waals surface area contributed by atoms with E-state index in [1.807, 2.05) is 48.7 Å². The molecule has 2 N–H and O–H groups in total. The van der Waals surface area contributed by atoms with Gasteiger partial charge in [-0.3, -0.25) is 39.2 Å². The molecule has 0 radical (unpaired) electrons. The second kappa shape index (κ2) is 12.2. The number of rotatable bonds is 9. The number of fused-ring (bicyclic) bond motifs is 2. The highest BCUT2D eigenvalue weighted by Gasteiger charge is 2.44. The Hall–Kier alpha value is -5.22. The van der Waals surface area contributed by atoms with Crippen LogP contribution in [0.1, 0.15) is 60.7 Å². The van der Waals surface area contributed by atoms with Gasteiger partial charge in [0.15, 0.2) is 0 Å². The number of pyridine rings is 1. The van der Waals surface area contributed by atoms with E-state index >= 15 is 0 Å². The van der Waals surface area contributed by atoms with Crippen molar-refractivity contribution in [1.82, 2.24) is 25.4 Å². The largest absolute Gasteiger partial charge is 0.348 e. The maximum atomic E-state index is 13.1. The van der Waals surface area contributed by atoms with Crippen LogP contribution < -0.4 is 10.6 Å². The summed E-state index contributed by atoms with van der Waals surface area (Å²) in [5, 5.41) is 7.42. The van der Waals surface area contributed by atoms with Crippen molar-refractivity contribution in [3.8, 4) is 0 Å². The molecule has 44 heavy (non-hydrogen) atoms. The van der Waals surface area contributed by atoms with Gasteiger partial charge in [0.05, 0.1) is 11.1 Å². The highest BCUT2D eigenvalue weighted by molar-refractivity contribution is 6.24. The van der Waals surface area contributed by atoms with E-state index in [1.54, 1.807) is 0 Å². The molecule has 10 nitrogen and oxygen atoms in total. The number of benzene rings is 3. The number of imide groups is 2. The predicted octanol–water partition coefficient (Wildman–Crippen LogP) is 3.24. The predicted molar refractivity (Wildman–Crippen MR) is 163 cm³/mol. The molecule has 0 spiro atoms. The lowest BCUT2D eigenvalue weighted by molar-refractivity contribution is -0.136. The van der Waals surface area contributed by atoms with Crippen molar-refractivity contribution in [3.63, 3.8) is 0 Å². The minimum absolute atomic E-state index is 0.0404. The number of nitrogens with zero attached hydrogens (tertiary/aromatic N) is 3. The lowest BCUT2D eigenvalue weighted by Gasteiger charge is -2.27. The molecule has 5 amide bonds. The van der Waals surface area contributed by atoms with Crippen LogP contribution in [0.5, 0.6) is 0 Å². The van der Waals surface area contributed by atoms with Crippen LogP contribution in [0.4, 0.5) is 0 Å². The number of carbonyl (C=O) groups is 5. The minimum Gasteiger partial charge on any atom is -0.348 e. The van der Waals surface area contributed by atoms with Gasteiger partial charge >= 0.3 is 0 Å². The zero-order valence-corrected chi connectivity index (χ0v) is 24.2. The topological polar surface area (TPSA) is 129 Å². The molecule has 1 fully saturated rings. The molecular formula is C34H31N5O5. The molecule has 1 atom stereocenters. The molecule has 0 bridgehead atoms. The molecule has 222 valence electrons. The number of likely N-dealkylation sites (N-methyl/N-ethyl adjacent to an activating group) is 1. The van der Waals surface area contributed by atoms with Crippen LogP contribution in [0.15, 0.2) is 79.0 Å². The summed E-state index contributed by atoms with van der Waals surface area (Å²) in [6.07, 6.45) is 2.82. The fourth-order valence-corrected chi connectivity index (χ4v) is 5.73. The van der Waals surface area contributed by atoms with Crippen LogP contribution in [0.25, 0.3) is 10.8 Å². The van der Waals surface area contributed by atoms with E-state index in [2.05, 4.69) is 39.7 Å². The Morgan fingerprint density at radius 2 is 1.70 bits per heavy atom. The van der Waals surface area contributed by atoms with Gasteiger partial charge in [-0.05, 0) is 54.2 Å². The Labute approximate surface area is 254 Å². The number of amides is 5. The monoisotopic (exact) mass is 589 g/mol. The van der Waals surface area contributed by atoms with E-state index < -0.39 is 35.6 Å². The standard InChI is InChI=1S/C34H31N5O5/c1-38(17-15-28-25-5-3-2-4-23(25)14-16-35-28)20-22-8-6-21(7-9-22)19-36-31(41)24-10-11-26-27(18-24)34(44)39(33(26)43)29-12-13-30(40)37-32(29)42/h2-11,14,16,18,29H,12-13,15,17,19-20H2,1H3,(H,36,41)(H,37,40,42). The molecule has 0 aliphatic carbocycles. The Morgan fingerprint density at radius 3 is 2.50 bits per heavy atom. The number of hydrogen-bond acceptors (Lipinski definition) is 7. The number of nitrogens with one attached hydrogen (secondary N) is 2. The molecule has 1 unspecified atom stereocenters. The molecule has 2 aliphatic heterocycles. The van der Waals surface area contributed by atoms with E-state index in [0.717, 1.165) is 41.2 Å². The molecule has 2 aliphatic rings. The summed E-state index contributed by atoms with van der Waals surface area (Å²) in [6.45, 7) is 1.92. The van der Waals surface area contributed by atoms with Crippen LogP contribution in [-0.4, -0.2) is 64.0 Å². The van der Waals surface area contributed by atoms with E-state index in [-0.39, 0.29) is 36.1 Å². The third kappa shape index (κ3) is 5.84. The fourth-order valence-electron chi connectivity index (χ4n) is 5.73. The SMILES string of the molecule is CN(CCc1nccc2ccccc12)Cc1ccc(CNC(=O)c2ccc3c(c2)C(=O)N(C2CCC(=O)NC2=O)C3=O)cc1. The van der Waals surface area contributed by atoms with Gasteiger partial charge in [0.1, 0.15) is 6.04 Å². The Morgan fingerprint density at radius 1 is 0.955 bits per heavy atom. The lowest BCUT2D eigenvalue weighted by Crippen LogP contribution is -2.54. The highest BCUT2D eigenvalue weighted by atomic mass is 16.2. The summed E-state index contributed by atoms with van der Waals surface area (Å²) in [4.78, 5) is 70.4. The van der Waals surface area contributed by atoms with Gasteiger partial charge in [0, 0.05) is 55.3 Å². The average Bonchev–Trinajstić information content (AvgIpc) is 3.28. The summed E-state index contributed by atoms with van der Waals surface area (Å²) in [5.41, 5.74) is 3.58. The first-order valence-electron chi connectivity index (χ1n) is 14.5. The van der Waals surface area contributed by atoms with E-state index in [0.29, 0.717) is 0 Å². The maximum absolute atomic E-state index is 13.1. The first-order valence-corrected chi connectivity index (χ1v) is 14.5. The van der Waals surface area contributed by atoms with Crippen molar-refractivity contribution in [2.45, 2.75) is 38.4 Å². The summed E-state index contributed by atoms with van der Waals surface area (Å²) >= 11 is 0. The third-order valence-electron chi connectivity index (χ3n) is 8.12. The fraction of sp³-hybridized carbons (Fsp3) is 0.235. The van der Waals surface area contributed by atoms with E-state index in [4.69, 9.17) is 0 Å². The molecule has 4 aromatic rings. The van der Waals surface area contributed by atoms with Crippen molar-refractivity contribution < 1.29 is 24.0 Å². The Bertz CT molecular complexity index is 1800. The molecule has 6 rings (SSSR count). The summed E-state index contributed by atoms with van der Waals surface area (Å²) in [6, 6.07) is 21.6. The smallest absolute Gasteiger partial charge is 0.262 e. The van der Waals surface area contributed by atoms with Crippen LogP contribution in [0.3, 0.4) is 0 Å². The number of carbonyl (C=O) groups excluding carboxylic acids is 5. The first-order chi connectivity index (χ1) is 21.3. The van der Waals surface area contributed by atoms with Gasteiger partial charge in [-0.2, -0.15) is 0 Å². The van der Waals surface area contributed by atoms with Gasteiger partial charge in [0.2, 0.25) is 11.8 Å². The van der Waals surface area contributed by atoms with Crippen LogP contribution >= 0.6 is 0 Å². The van der Waals surface area contributed by atoms with Crippen LogP contribution in [0.2, 0.25) is 0 Å². The number of piperidine rings is 1. The van der Waals surface area contributed by atoms with Crippen molar-refractivity contribution >= 4 is 40.3 Å². The summed E-state index contributed by atoms with van der Waals surface area (Å²) < 4.78 is 0. The molecule has 1 aromatic heterocycles. The zero-order chi connectivity index (χ0) is 30.8. The van der Waals surface area contributed by atoms with Gasteiger partial charge in [-0.15, -0.1) is 0 Å². The van der Waals surface area contributed by atoms with Crippen molar-refractivity contribution in [2.75, 3.05) is 13.6 Å². The normalized spacial score (nSPS) is 16.4. The van der Waals surface area contributed by atoms with Gasteiger partial charge in [0.25, 0.3) is 17.7 Å². The molecule has 1 saturated heterocycles. The van der Waals surface area contributed by atoms with E-state index in [1.165, 1.54) is 29.0 Å². The average molecular weight is 590 g/mol.